The smallest absolute Gasteiger partial charge is 0.165 e. The van der Waals surface area contributed by atoms with E-state index in [1.54, 1.807) is 0 Å². The number of methoxy groups -OCH3 is 1. The van der Waals surface area contributed by atoms with E-state index in [1.807, 2.05) is 0 Å². The molecule has 0 aliphatic rings. The normalized spacial score (nSPS) is 10.3. The lowest BCUT2D eigenvalue weighted by Crippen LogP contribution is -1.96. The fourth-order valence-electron chi connectivity index (χ4n) is 1.18. The van der Waals surface area contributed by atoms with Crippen molar-refractivity contribution in [3.8, 4) is 5.75 Å². The molecule has 14 heavy (non-hydrogen) atoms. The lowest BCUT2D eigenvalue weighted by Gasteiger charge is -2.06. The zero-order valence-corrected chi connectivity index (χ0v) is 8.57. The van der Waals surface area contributed by atoms with Crippen molar-refractivity contribution in [2.75, 3.05) is 13.0 Å². The Hall–Kier alpha value is -0.830. The summed E-state index contributed by atoms with van der Waals surface area (Å²) in [5, 5.41) is 0. The van der Waals surface area contributed by atoms with Crippen molar-refractivity contribution in [3.05, 3.63) is 29.3 Å². The molecule has 0 aliphatic heterocycles. The Morgan fingerprint density at radius 2 is 2.00 bits per heavy atom. The van der Waals surface area contributed by atoms with E-state index in [0.29, 0.717) is 24.3 Å². The van der Waals surface area contributed by atoms with Gasteiger partial charge in [-0.15, -0.1) is 11.6 Å². The number of alkyl halides is 1. The third kappa shape index (κ3) is 2.58. The molecule has 0 N–H and O–H groups in total. The zero-order chi connectivity index (χ0) is 10.6. The Morgan fingerprint density at radius 1 is 1.29 bits per heavy atom. The van der Waals surface area contributed by atoms with Gasteiger partial charge in [-0.3, -0.25) is 0 Å². The van der Waals surface area contributed by atoms with Crippen LogP contribution in [0.2, 0.25) is 0 Å². The molecule has 1 rings (SSSR count). The summed E-state index contributed by atoms with van der Waals surface area (Å²) in [6.07, 6.45) is 1.07. The van der Waals surface area contributed by atoms with Gasteiger partial charge in [0.1, 0.15) is 5.82 Å². The van der Waals surface area contributed by atoms with E-state index in [2.05, 4.69) is 4.74 Å². The second-order valence-corrected chi connectivity index (χ2v) is 3.25. The van der Waals surface area contributed by atoms with Crippen LogP contribution in [0.4, 0.5) is 8.78 Å². The molecular weight excluding hydrogens is 210 g/mol. The van der Waals surface area contributed by atoms with E-state index < -0.39 is 11.6 Å². The van der Waals surface area contributed by atoms with Crippen LogP contribution < -0.4 is 4.74 Å². The minimum atomic E-state index is -0.543. The molecular formula is C10H11ClF2O. The molecule has 1 aromatic rings. The van der Waals surface area contributed by atoms with Crippen molar-refractivity contribution < 1.29 is 13.5 Å². The van der Waals surface area contributed by atoms with Gasteiger partial charge in [0.05, 0.1) is 7.11 Å². The maximum atomic E-state index is 13.3. The zero-order valence-electron chi connectivity index (χ0n) is 7.82. The van der Waals surface area contributed by atoms with Gasteiger partial charge < -0.3 is 4.74 Å². The molecule has 0 bridgehead atoms. The standard InChI is InChI=1S/C10H11ClF2O/c1-14-10-6-8(12)7(3-2-4-11)5-9(10)13/h5-6H,2-4H2,1H3. The van der Waals surface area contributed by atoms with Gasteiger partial charge in [0, 0.05) is 11.9 Å². The average Bonchev–Trinajstić information content (AvgIpc) is 2.18. The minimum absolute atomic E-state index is 0.0721. The van der Waals surface area contributed by atoms with E-state index >= 15 is 0 Å². The van der Waals surface area contributed by atoms with Crippen molar-refractivity contribution in [1.29, 1.82) is 0 Å². The highest BCUT2D eigenvalue weighted by molar-refractivity contribution is 6.17. The van der Waals surface area contributed by atoms with Gasteiger partial charge in [-0.2, -0.15) is 0 Å². The molecule has 0 unspecified atom stereocenters. The van der Waals surface area contributed by atoms with Crippen LogP contribution >= 0.6 is 11.6 Å². The highest BCUT2D eigenvalue weighted by Crippen LogP contribution is 2.22. The number of ether oxygens (including phenoxy) is 1. The van der Waals surface area contributed by atoms with E-state index in [0.717, 1.165) is 12.1 Å². The van der Waals surface area contributed by atoms with Crippen LogP contribution in [0.5, 0.6) is 5.75 Å². The largest absolute Gasteiger partial charge is 0.494 e. The summed E-state index contributed by atoms with van der Waals surface area (Å²) in [6, 6.07) is 2.21. The molecule has 0 heterocycles. The second-order valence-electron chi connectivity index (χ2n) is 2.87. The van der Waals surface area contributed by atoms with Crippen LogP contribution in [0, 0.1) is 11.6 Å². The topological polar surface area (TPSA) is 9.23 Å². The maximum absolute atomic E-state index is 13.3. The van der Waals surface area contributed by atoms with Gasteiger partial charge in [-0.25, -0.2) is 8.78 Å². The summed E-state index contributed by atoms with van der Waals surface area (Å²) in [4.78, 5) is 0. The number of benzene rings is 1. The minimum Gasteiger partial charge on any atom is -0.494 e. The lowest BCUT2D eigenvalue weighted by molar-refractivity contribution is 0.381. The van der Waals surface area contributed by atoms with Crippen LogP contribution in [0.25, 0.3) is 0 Å². The van der Waals surface area contributed by atoms with Crippen molar-refractivity contribution in [1.82, 2.24) is 0 Å². The SMILES string of the molecule is COc1cc(F)c(CCCCl)cc1F. The molecule has 0 aliphatic carbocycles. The first kappa shape index (κ1) is 11.2. The van der Waals surface area contributed by atoms with Crippen LogP contribution in [0.3, 0.4) is 0 Å². The molecule has 0 aromatic heterocycles. The first-order valence-corrected chi connectivity index (χ1v) is 4.80. The molecule has 1 nitrogen and oxygen atoms in total. The van der Waals surface area contributed by atoms with Crippen LogP contribution in [0.1, 0.15) is 12.0 Å². The van der Waals surface area contributed by atoms with Crippen LogP contribution in [0.15, 0.2) is 12.1 Å². The Labute approximate surface area is 86.6 Å². The molecule has 0 saturated heterocycles. The average molecular weight is 221 g/mol. The lowest BCUT2D eigenvalue weighted by atomic mass is 10.1. The van der Waals surface area contributed by atoms with E-state index in [-0.39, 0.29) is 5.75 Å². The first-order valence-electron chi connectivity index (χ1n) is 4.27. The summed E-state index contributed by atoms with van der Waals surface area (Å²) in [7, 11) is 1.30. The first-order chi connectivity index (χ1) is 6.69. The Morgan fingerprint density at radius 3 is 2.57 bits per heavy atom. The second kappa shape index (κ2) is 5.15. The Kier molecular flexibility index (Phi) is 4.14. The maximum Gasteiger partial charge on any atom is 0.165 e. The van der Waals surface area contributed by atoms with Crippen LogP contribution in [-0.4, -0.2) is 13.0 Å². The Balaban J connectivity index is 2.90. The molecule has 0 radical (unpaired) electrons. The van der Waals surface area contributed by atoms with Crippen LogP contribution in [-0.2, 0) is 6.42 Å². The summed E-state index contributed by atoms with van der Waals surface area (Å²) in [5.41, 5.74) is 0.337. The number of halogens is 3. The Bertz CT molecular complexity index is 315. The molecule has 0 fully saturated rings. The van der Waals surface area contributed by atoms with Crippen molar-refractivity contribution >= 4 is 11.6 Å². The predicted molar refractivity (Wildman–Crippen MR) is 52.0 cm³/mol. The molecule has 0 saturated carbocycles. The van der Waals surface area contributed by atoms with Crippen molar-refractivity contribution in [3.63, 3.8) is 0 Å². The molecule has 1 aromatic carbocycles. The van der Waals surface area contributed by atoms with Gasteiger partial charge in [-0.05, 0) is 24.5 Å². The molecule has 0 atom stereocenters. The third-order valence-electron chi connectivity index (χ3n) is 1.90. The fourth-order valence-corrected chi connectivity index (χ4v) is 1.31. The number of rotatable bonds is 4. The summed E-state index contributed by atoms with van der Waals surface area (Å²) in [5.74, 6) is -0.628. The van der Waals surface area contributed by atoms with Gasteiger partial charge in [0.2, 0.25) is 0 Å². The van der Waals surface area contributed by atoms with Gasteiger partial charge in [0.15, 0.2) is 11.6 Å². The monoisotopic (exact) mass is 220 g/mol. The highest BCUT2D eigenvalue weighted by atomic mass is 35.5. The predicted octanol–water partition coefficient (Wildman–Crippen LogP) is 3.14. The third-order valence-corrected chi connectivity index (χ3v) is 2.17. The van der Waals surface area contributed by atoms with E-state index in [1.165, 1.54) is 7.11 Å². The van der Waals surface area contributed by atoms with E-state index in [4.69, 9.17) is 11.6 Å². The van der Waals surface area contributed by atoms with Crippen molar-refractivity contribution in [2.24, 2.45) is 0 Å². The summed E-state index contributed by atoms with van der Waals surface area (Å²) >= 11 is 5.46. The van der Waals surface area contributed by atoms with Crippen molar-refractivity contribution in [2.45, 2.75) is 12.8 Å². The van der Waals surface area contributed by atoms with Gasteiger partial charge in [0.25, 0.3) is 0 Å². The molecule has 4 heteroatoms. The fraction of sp³-hybridized carbons (Fsp3) is 0.400. The number of hydrogen-bond donors (Lipinski definition) is 0. The van der Waals surface area contributed by atoms with Gasteiger partial charge >= 0.3 is 0 Å². The summed E-state index contributed by atoms with van der Waals surface area (Å²) in [6.45, 7) is 0. The number of hydrogen-bond acceptors (Lipinski definition) is 1. The highest BCUT2D eigenvalue weighted by Gasteiger charge is 2.09. The van der Waals surface area contributed by atoms with Gasteiger partial charge in [-0.1, -0.05) is 0 Å². The molecule has 0 spiro atoms. The molecule has 78 valence electrons. The van der Waals surface area contributed by atoms with E-state index in [9.17, 15) is 8.78 Å². The number of aryl methyl sites for hydroxylation is 1. The molecule has 0 amide bonds. The quantitative estimate of drug-likeness (QED) is 0.709. The summed E-state index contributed by atoms with van der Waals surface area (Å²) < 4.78 is 31.0.